The number of nitrogens with one attached hydrogen (secondary N) is 1. The Morgan fingerprint density at radius 3 is 2.69 bits per heavy atom. The summed E-state index contributed by atoms with van der Waals surface area (Å²) in [5.41, 5.74) is 2.96. The number of pyridine rings is 1. The third-order valence-corrected chi connectivity index (χ3v) is 4.43. The van der Waals surface area contributed by atoms with Crippen LogP contribution in [0.2, 0.25) is 0 Å². The summed E-state index contributed by atoms with van der Waals surface area (Å²) < 4.78 is 7.51. The van der Waals surface area contributed by atoms with Crippen molar-refractivity contribution in [2.75, 3.05) is 6.54 Å². The highest BCUT2D eigenvalue weighted by Crippen LogP contribution is 2.30. The molecule has 1 amide bonds. The van der Waals surface area contributed by atoms with Crippen molar-refractivity contribution in [1.29, 1.82) is 0 Å². The first kappa shape index (κ1) is 18.2. The van der Waals surface area contributed by atoms with Crippen LogP contribution in [0.1, 0.15) is 61.5 Å². The molecule has 0 bridgehead atoms. The largest absolute Gasteiger partial charge is 0.466 e. The number of nitrogens with zero attached hydrogens (tertiary/aromatic N) is 3. The second kappa shape index (κ2) is 7.32. The third kappa shape index (κ3) is 3.36. The lowest BCUT2D eigenvalue weighted by atomic mass is 10.1. The van der Waals surface area contributed by atoms with E-state index in [9.17, 15) is 4.79 Å². The Balaban J connectivity index is 2.15. The van der Waals surface area contributed by atoms with Gasteiger partial charge in [-0.2, -0.15) is 5.10 Å². The summed E-state index contributed by atoms with van der Waals surface area (Å²) in [7, 11) is 0. The highest BCUT2D eigenvalue weighted by atomic mass is 16.3. The van der Waals surface area contributed by atoms with Gasteiger partial charge in [-0.25, -0.2) is 9.67 Å². The Morgan fingerprint density at radius 2 is 2.08 bits per heavy atom. The normalized spacial score (nSPS) is 11.5. The first-order chi connectivity index (χ1) is 12.4. The van der Waals surface area contributed by atoms with Gasteiger partial charge >= 0.3 is 0 Å². The molecule has 0 aliphatic heterocycles. The summed E-state index contributed by atoms with van der Waals surface area (Å²) in [5, 5.41) is 8.22. The zero-order valence-electron chi connectivity index (χ0n) is 16.1. The number of aromatic nitrogens is 3. The second-order valence-electron chi connectivity index (χ2n) is 6.91. The van der Waals surface area contributed by atoms with Crippen LogP contribution in [0.3, 0.4) is 0 Å². The molecule has 0 aliphatic carbocycles. The number of rotatable bonds is 6. The van der Waals surface area contributed by atoms with E-state index in [2.05, 4.69) is 31.2 Å². The second-order valence-corrected chi connectivity index (χ2v) is 6.91. The number of aryl methyl sites for hydroxylation is 2. The van der Waals surface area contributed by atoms with E-state index < -0.39 is 0 Å². The molecule has 3 heterocycles. The fraction of sp³-hybridized carbons (Fsp3) is 0.450. The molecule has 0 spiro atoms. The lowest BCUT2D eigenvalue weighted by molar-refractivity contribution is 0.0954. The molecular formula is C20H26N4O2. The Kier molecular flexibility index (Phi) is 5.11. The van der Waals surface area contributed by atoms with E-state index in [0.717, 1.165) is 46.7 Å². The zero-order chi connectivity index (χ0) is 18.8. The van der Waals surface area contributed by atoms with Crippen LogP contribution >= 0.6 is 0 Å². The van der Waals surface area contributed by atoms with Gasteiger partial charge in [-0.15, -0.1) is 0 Å². The van der Waals surface area contributed by atoms with Gasteiger partial charge in [0, 0.05) is 18.2 Å². The first-order valence-electron chi connectivity index (χ1n) is 9.16. The van der Waals surface area contributed by atoms with E-state index in [1.807, 2.05) is 30.7 Å². The molecule has 1 N–H and O–H groups in total. The maximum atomic E-state index is 12.8. The molecule has 0 unspecified atom stereocenters. The number of unbranched alkanes of at least 4 members (excludes halogenated alkanes) is 1. The van der Waals surface area contributed by atoms with Gasteiger partial charge < -0.3 is 9.73 Å². The topological polar surface area (TPSA) is 73.0 Å². The lowest BCUT2D eigenvalue weighted by Crippen LogP contribution is -2.24. The average molecular weight is 354 g/mol. The number of hydrogen-bond donors (Lipinski definition) is 1. The highest BCUT2D eigenvalue weighted by molar-refractivity contribution is 6.06. The van der Waals surface area contributed by atoms with Crippen LogP contribution in [0.4, 0.5) is 0 Å². The van der Waals surface area contributed by atoms with Gasteiger partial charge in [-0.3, -0.25) is 4.79 Å². The minimum Gasteiger partial charge on any atom is -0.466 e. The zero-order valence-corrected chi connectivity index (χ0v) is 16.1. The van der Waals surface area contributed by atoms with Crippen molar-refractivity contribution >= 4 is 16.9 Å². The number of furan rings is 1. The quantitative estimate of drug-likeness (QED) is 0.665. The molecule has 3 aromatic rings. The molecule has 3 rings (SSSR count). The van der Waals surface area contributed by atoms with Gasteiger partial charge in [0.15, 0.2) is 5.65 Å². The van der Waals surface area contributed by atoms with Gasteiger partial charge in [-0.1, -0.05) is 13.3 Å². The van der Waals surface area contributed by atoms with Crippen LogP contribution in [0.25, 0.3) is 22.3 Å². The molecule has 0 fully saturated rings. The van der Waals surface area contributed by atoms with Crippen molar-refractivity contribution in [3.8, 4) is 11.3 Å². The maximum Gasteiger partial charge on any atom is 0.252 e. The number of fused-ring (bicyclic) bond motifs is 1. The molecule has 6 heteroatoms. The van der Waals surface area contributed by atoms with E-state index in [0.29, 0.717) is 12.1 Å². The van der Waals surface area contributed by atoms with E-state index in [-0.39, 0.29) is 11.9 Å². The molecule has 0 saturated carbocycles. The predicted octanol–water partition coefficient (Wildman–Crippen LogP) is 4.42. The Hall–Kier alpha value is -2.63. The molecule has 0 atom stereocenters. The minimum absolute atomic E-state index is 0.0896. The van der Waals surface area contributed by atoms with E-state index in [4.69, 9.17) is 9.40 Å². The fourth-order valence-corrected chi connectivity index (χ4v) is 3.08. The summed E-state index contributed by atoms with van der Waals surface area (Å²) in [6, 6.07) is 3.95. The summed E-state index contributed by atoms with van der Waals surface area (Å²) in [5.74, 6) is 1.53. The Morgan fingerprint density at radius 1 is 1.31 bits per heavy atom. The van der Waals surface area contributed by atoms with Gasteiger partial charge in [0.05, 0.1) is 22.8 Å². The summed E-state index contributed by atoms with van der Waals surface area (Å²) in [6.45, 7) is 10.7. The smallest absolute Gasteiger partial charge is 0.252 e. The molecule has 3 aromatic heterocycles. The number of carbonyl (C=O) groups excluding carboxylic acids is 1. The summed E-state index contributed by atoms with van der Waals surface area (Å²) in [6.07, 6.45) is 3.72. The van der Waals surface area contributed by atoms with Gasteiger partial charge in [-0.05, 0) is 46.2 Å². The number of carbonyl (C=O) groups is 1. The monoisotopic (exact) mass is 354 g/mol. The van der Waals surface area contributed by atoms with Gasteiger partial charge in [0.2, 0.25) is 0 Å². The predicted molar refractivity (Wildman–Crippen MR) is 102 cm³/mol. The first-order valence-corrected chi connectivity index (χ1v) is 9.16. The molecular weight excluding hydrogens is 328 g/mol. The van der Waals surface area contributed by atoms with Crippen LogP contribution < -0.4 is 5.32 Å². The van der Waals surface area contributed by atoms with Crippen LogP contribution in [0.15, 0.2) is 22.7 Å². The van der Waals surface area contributed by atoms with Gasteiger partial charge in [0.25, 0.3) is 5.91 Å². The summed E-state index contributed by atoms with van der Waals surface area (Å²) >= 11 is 0. The standard InChI is InChI=1S/C20H26N4O2/c1-6-7-8-21-20(25)16-10-18(15-9-13(4)26-14(15)5)23-19-17(16)11-22-24(19)12(2)3/h9-12H,6-8H2,1-5H3,(H,21,25). The SMILES string of the molecule is CCCCNC(=O)c1cc(-c2cc(C)oc2C)nc2c1cnn2C(C)C. The molecule has 26 heavy (non-hydrogen) atoms. The highest BCUT2D eigenvalue weighted by Gasteiger charge is 2.20. The van der Waals surface area contributed by atoms with Crippen molar-refractivity contribution in [2.45, 2.75) is 53.5 Å². The van der Waals surface area contributed by atoms with E-state index in [1.54, 1.807) is 6.20 Å². The molecule has 0 radical (unpaired) electrons. The van der Waals surface area contributed by atoms with E-state index in [1.165, 1.54) is 0 Å². The van der Waals surface area contributed by atoms with Crippen molar-refractivity contribution in [3.05, 3.63) is 35.4 Å². The minimum atomic E-state index is -0.0896. The lowest BCUT2D eigenvalue weighted by Gasteiger charge is -2.10. The summed E-state index contributed by atoms with van der Waals surface area (Å²) in [4.78, 5) is 17.6. The van der Waals surface area contributed by atoms with Crippen LogP contribution in [-0.4, -0.2) is 27.2 Å². The van der Waals surface area contributed by atoms with E-state index >= 15 is 0 Å². The molecule has 138 valence electrons. The van der Waals surface area contributed by atoms with Crippen molar-refractivity contribution < 1.29 is 9.21 Å². The van der Waals surface area contributed by atoms with Crippen molar-refractivity contribution in [1.82, 2.24) is 20.1 Å². The Bertz CT molecular complexity index is 937. The molecule has 0 aromatic carbocycles. The number of hydrogen-bond acceptors (Lipinski definition) is 4. The Labute approximate surface area is 153 Å². The van der Waals surface area contributed by atoms with Crippen molar-refractivity contribution in [2.24, 2.45) is 0 Å². The third-order valence-electron chi connectivity index (χ3n) is 4.43. The number of amides is 1. The van der Waals surface area contributed by atoms with Crippen LogP contribution in [-0.2, 0) is 0 Å². The molecule has 6 nitrogen and oxygen atoms in total. The van der Waals surface area contributed by atoms with Crippen LogP contribution in [0.5, 0.6) is 0 Å². The average Bonchev–Trinajstić information content (AvgIpc) is 3.16. The van der Waals surface area contributed by atoms with Crippen LogP contribution in [0, 0.1) is 13.8 Å². The van der Waals surface area contributed by atoms with Crippen molar-refractivity contribution in [3.63, 3.8) is 0 Å². The molecule has 0 saturated heterocycles. The van der Waals surface area contributed by atoms with Gasteiger partial charge in [0.1, 0.15) is 11.5 Å². The maximum absolute atomic E-state index is 12.8. The molecule has 0 aliphatic rings. The fourth-order valence-electron chi connectivity index (χ4n) is 3.08.